The Kier molecular flexibility index (Phi) is 8.99. The number of nitrogens with one attached hydrogen (secondary N) is 1. The first kappa shape index (κ1) is 30.4. The monoisotopic (exact) mass is 665 g/mol. The average molecular weight is 666 g/mol. The third kappa shape index (κ3) is 6.21. The summed E-state index contributed by atoms with van der Waals surface area (Å²) >= 11 is 4.67. The molecule has 43 heavy (non-hydrogen) atoms. The van der Waals surface area contributed by atoms with Gasteiger partial charge in [0.15, 0.2) is 15.2 Å². The van der Waals surface area contributed by atoms with Crippen LogP contribution in [0.2, 0.25) is 0 Å². The van der Waals surface area contributed by atoms with Crippen molar-refractivity contribution in [2.45, 2.75) is 35.6 Å². The number of nitrogens with two attached hydrogens (primary N) is 1. The number of aromatic nitrogens is 5. The summed E-state index contributed by atoms with van der Waals surface area (Å²) in [5.74, 6) is -1.78. The number of oxime groups is 1. The van der Waals surface area contributed by atoms with E-state index in [4.69, 9.17) is 10.6 Å². The highest BCUT2D eigenvalue weighted by molar-refractivity contribution is 8.01. The summed E-state index contributed by atoms with van der Waals surface area (Å²) in [4.78, 5) is 64.1. The van der Waals surface area contributed by atoms with E-state index in [2.05, 4.69) is 29.2 Å². The van der Waals surface area contributed by atoms with Crippen LogP contribution in [0.15, 0.2) is 37.8 Å². The number of carboxylic acids is 1. The van der Waals surface area contributed by atoms with Gasteiger partial charge in [-0.2, -0.15) is 13.7 Å². The maximum Gasteiger partial charge on any atom is 0.352 e. The lowest BCUT2D eigenvalue weighted by atomic mass is 10.0. The van der Waals surface area contributed by atoms with Crippen LogP contribution in [0.5, 0.6) is 5.75 Å². The van der Waals surface area contributed by atoms with Gasteiger partial charge in [-0.3, -0.25) is 19.3 Å². The second-order valence-corrected chi connectivity index (χ2v) is 12.9. The van der Waals surface area contributed by atoms with Gasteiger partial charge in [0, 0.05) is 48.3 Å². The molecular formula is C23H23N9O7S4. The first-order valence-corrected chi connectivity index (χ1v) is 15.9. The highest BCUT2D eigenvalue weighted by Gasteiger charge is 2.54. The lowest BCUT2D eigenvalue weighted by Gasteiger charge is -2.49. The normalized spacial score (nSPS) is 18.3. The number of fused-ring (bicyclic) bond motifs is 1. The van der Waals surface area contributed by atoms with E-state index < -0.39 is 34.6 Å². The van der Waals surface area contributed by atoms with Gasteiger partial charge < -0.3 is 30.7 Å². The molecule has 1 saturated heterocycles. The number of thioether (sulfide) groups is 2. The number of nitrogens with zero attached hydrogens (tertiary/aromatic N) is 7. The lowest BCUT2D eigenvalue weighted by molar-refractivity contribution is -0.150. The second-order valence-electron chi connectivity index (χ2n) is 9.02. The van der Waals surface area contributed by atoms with Crippen LogP contribution < -0.4 is 16.5 Å². The zero-order chi connectivity index (χ0) is 30.8. The number of carbonyl (C=O) groups excluding carboxylic acids is 2. The van der Waals surface area contributed by atoms with Crippen molar-refractivity contribution in [3.63, 3.8) is 0 Å². The van der Waals surface area contributed by atoms with Crippen molar-refractivity contribution < 1.29 is 29.4 Å². The van der Waals surface area contributed by atoms with Crippen molar-refractivity contribution in [3.8, 4) is 5.75 Å². The number of aromatic hydroxyl groups is 1. The Bertz CT molecular complexity index is 1720. The van der Waals surface area contributed by atoms with Crippen LogP contribution in [0, 0.1) is 6.92 Å². The summed E-state index contributed by atoms with van der Waals surface area (Å²) in [5.41, 5.74) is 5.76. The molecule has 2 aliphatic heterocycles. The van der Waals surface area contributed by atoms with Gasteiger partial charge >= 0.3 is 5.97 Å². The Balaban J connectivity index is 1.22. The second kappa shape index (κ2) is 12.7. The molecule has 0 spiro atoms. The number of anilines is 1. The molecule has 2 atom stereocenters. The molecule has 0 aromatic carbocycles. The summed E-state index contributed by atoms with van der Waals surface area (Å²) in [6, 6.07) is 0.305. The number of carboxylic acid groups (broad SMARTS) is 1. The maximum atomic E-state index is 13.1. The number of aliphatic carboxylic acids is 1. The Morgan fingerprint density at radius 3 is 2.77 bits per heavy atom. The Labute approximate surface area is 259 Å². The quantitative estimate of drug-likeness (QED) is 0.0933. The van der Waals surface area contributed by atoms with E-state index in [0.29, 0.717) is 40.1 Å². The van der Waals surface area contributed by atoms with Gasteiger partial charge in [-0.05, 0) is 24.0 Å². The summed E-state index contributed by atoms with van der Waals surface area (Å²) in [5, 5.41) is 25.6. The molecule has 3 aromatic rings. The molecular weight excluding hydrogens is 643 g/mol. The van der Waals surface area contributed by atoms with Gasteiger partial charge in [0.2, 0.25) is 17.0 Å². The molecule has 5 N–H and O–H groups in total. The minimum atomic E-state index is -1.25. The van der Waals surface area contributed by atoms with Crippen molar-refractivity contribution in [3.05, 3.63) is 51.1 Å². The number of rotatable bonds is 11. The van der Waals surface area contributed by atoms with Crippen molar-refractivity contribution in [1.82, 2.24) is 33.5 Å². The highest BCUT2D eigenvalue weighted by atomic mass is 32.2. The number of carbonyl (C=O) groups is 3. The van der Waals surface area contributed by atoms with Crippen LogP contribution in [0.25, 0.3) is 0 Å². The van der Waals surface area contributed by atoms with E-state index in [1.165, 1.54) is 53.1 Å². The average Bonchev–Trinajstić information content (AvgIpc) is 3.63. The third-order valence-electron chi connectivity index (χ3n) is 6.40. The number of hydrogen-bond acceptors (Lipinski definition) is 16. The molecule has 0 unspecified atom stereocenters. The van der Waals surface area contributed by atoms with Crippen LogP contribution in [0.3, 0.4) is 0 Å². The summed E-state index contributed by atoms with van der Waals surface area (Å²) in [7, 11) is 1.24. The first-order valence-electron chi connectivity index (χ1n) is 12.3. The molecule has 16 nitrogen and oxygen atoms in total. The summed E-state index contributed by atoms with van der Waals surface area (Å²) in [6.07, 6.45) is 2.06. The standard InChI is InChI=1S/C23H23N9O7S4/c1-9-16(34)11(33)3-5-31(9)6-4-12-25-23(43-29-12)41-8-10-7-40-20-14(19(36)32(20)15(10)21(37)38)26-18(35)13(28-39-2)17-27-22(24)42-30-17/h3,5,14,20,34H,4,6-8H2,1-2H3,(H,26,35)(H,37,38)(H2,24,27,30)/t14-,20+/m1/s1. The van der Waals surface area contributed by atoms with Crippen molar-refractivity contribution in [2.75, 3.05) is 24.3 Å². The van der Waals surface area contributed by atoms with Gasteiger partial charge in [0.25, 0.3) is 11.8 Å². The van der Waals surface area contributed by atoms with E-state index in [-0.39, 0.29) is 33.9 Å². The number of amides is 2. The zero-order valence-electron chi connectivity index (χ0n) is 22.4. The molecule has 5 heterocycles. The predicted molar refractivity (Wildman–Crippen MR) is 159 cm³/mol. The van der Waals surface area contributed by atoms with E-state index in [1.54, 1.807) is 17.7 Å². The van der Waals surface area contributed by atoms with E-state index in [0.717, 1.165) is 11.5 Å². The fourth-order valence-corrected chi connectivity index (χ4v) is 7.86. The topological polar surface area (TPSA) is 228 Å². The number of hydrogen-bond donors (Lipinski definition) is 4. The molecule has 2 amide bonds. The Morgan fingerprint density at radius 2 is 2.07 bits per heavy atom. The fraction of sp³-hybridized carbons (Fsp3) is 0.348. The fourth-order valence-electron chi connectivity index (χ4n) is 4.28. The Morgan fingerprint density at radius 1 is 1.28 bits per heavy atom. The SMILES string of the molecule is CON=C(C(=O)N[C@@H]1C(=O)N2C(C(=O)O)=C(CSc3nc(CCn4ccc(=O)c(O)c4C)ns3)CS[C@@H]12)c1nsc(N)n1. The van der Waals surface area contributed by atoms with Crippen molar-refractivity contribution in [2.24, 2.45) is 5.16 Å². The van der Waals surface area contributed by atoms with Gasteiger partial charge in [-0.25, -0.2) is 9.78 Å². The van der Waals surface area contributed by atoms with Crippen LogP contribution in [-0.4, -0.2) is 91.9 Å². The molecule has 0 radical (unpaired) electrons. The summed E-state index contributed by atoms with van der Waals surface area (Å²) in [6.45, 7) is 2.10. The zero-order valence-corrected chi connectivity index (χ0v) is 25.7. The molecule has 0 saturated carbocycles. The number of nitrogen functional groups attached to an aromatic ring is 1. The number of β-lactam (4-membered cyclic amide) rings is 1. The van der Waals surface area contributed by atoms with Crippen LogP contribution >= 0.6 is 46.6 Å². The molecule has 2 aliphatic rings. The third-order valence-corrected chi connectivity index (χ3v) is 10.2. The Hall–Kier alpha value is -4.01. The van der Waals surface area contributed by atoms with E-state index >= 15 is 0 Å². The molecule has 3 aromatic heterocycles. The van der Waals surface area contributed by atoms with Gasteiger partial charge in [-0.15, -0.1) is 11.8 Å². The molecule has 1 fully saturated rings. The first-order chi connectivity index (χ1) is 20.6. The smallest absolute Gasteiger partial charge is 0.352 e. The van der Waals surface area contributed by atoms with Crippen LogP contribution in [0.1, 0.15) is 17.3 Å². The largest absolute Gasteiger partial charge is 0.503 e. The molecule has 5 rings (SSSR count). The van der Waals surface area contributed by atoms with Crippen LogP contribution in [-0.2, 0) is 32.2 Å². The van der Waals surface area contributed by atoms with Crippen LogP contribution in [0.4, 0.5) is 5.13 Å². The molecule has 226 valence electrons. The summed E-state index contributed by atoms with van der Waals surface area (Å²) < 4.78 is 10.7. The lowest BCUT2D eigenvalue weighted by Crippen LogP contribution is -2.71. The highest BCUT2D eigenvalue weighted by Crippen LogP contribution is 2.41. The van der Waals surface area contributed by atoms with E-state index in [9.17, 15) is 29.4 Å². The minimum Gasteiger partial charge on any atom is -0.503 e. The van der Waals surface area contributed by atoms with Gasteiger partial charge in [-0.1, -0.05) is 16.9 Å². The molecule has 0 aliphatic carbocycles. The minimum absolute atomic E-state index is 0.0573. The van der Waals surface area contributed by atoms with Crippen molar-refractivity contribution in [1.29, 1.82) is 0 Å². The number of pyridine rings is 1. The van der Waals surface area contributed by atoms with Gasteiger partial charge in [0.1, 0.15) is 30.0 Å². The van der Waals surface area contributed by atoms with Gasteiger partial charge in [0.05, 0.1) is 5.69 Å². The molecule has 20 heteroatoms. The number of aryl methyl sites for hydroxylation is 2. The maximum absolute atomic E-state index is 13.1. The van der Waals surface area contributed by atoms with Crippen molar-refractivity contribution >= 4 is 75.2 Å². The molecule has 0 bridgehead atoms. The predicted octanol–water partition coefficient (Wildman–Crippen LogP) is 0.272. The van der Waals surface area contributed by atoms with E-state index in [1.807, 2.05) is 0 Å².